The van der Waals surface area contributed by atoms with Gasteiger partial charge in [-0.2, -0.15) is 0 Å². The summed E-state index contributed by atoms with van der Waals surface area (Å²) >= 11 is 0. The molecule has 0 amide bonds. The van der Waals surface area contributed by atoms with Crippen LogP contribution in [0.5, 0.6) is 0 Å². The molecular weight excluding hydrogens is 244 g/mol. The van der Waals surface area contributed by atoms with Crippen LogP contribution in [0.2, 0.25) is 0 Å². The van der Waals surface area contributed by atoms with Crippen molar-refractivity contribution in [2.24, 2.45) is 0 Å². The topological polar surface area (TPSA) is 24.9 Å². The highest BCUT2D eigenvalue weighted by Crippen LogP contribution is 2.34. The molecule has 0 aliphatic heterocycles. The Morgan fingerprint density at radius 2 is 2.05 bits per heavy atom. The summed E-state index contributed by atoms with van der Waals surface area (Å²) in [6, 6.07) is 11.7. The lowest BCUT2D eigenvalue weighted by atomic mass is 10.00. The molecule has 0 fully saturated rings. The van der Waals surface area contributed by atoms with Gasteiger partial charge in [0.05, 0.1) is 0 Å². The zero-order valence-corrected chi connectivity index (χ0v) is 12.3. The molecular formula is C18H22N2. The lowest BCUT2D eigenvalue weighted by Gasteiger charge is -2.13. The van der Waals surface area contributed by atoms with Crippen LogP contribution in [0.3, 0.4) is 0 Å². The fourth-order valence-electron chi connectivity index (χ4n) is 3.05. The van der Waals surface area contributed by atoms with E-state index in [4.69, 9.17) is 0 Å². The minimum absolute atomic E-state index is 0.554. The van der Waals surface area contributed by atoms with Gasteiger partial charge in [0.25, 0.3) is 0 Å². The number of nitrogens with zero attached hydrogens (tertiary/aromatic N) is 1. The van der Waals surface area contributed by atoms with Gasteiger partial charge in [0.15, 0.2) is 0 Å². The van der Waals surface area contributed by atoms with Crippen molar-refractivity contribution in [1.82, 2.24) is 10.3 Å². The second-order valence-corrected chi connectivity index (χ2v) is 5.64. The van der Waals surface area contributed by atoms with E-state index in [1.54, 1.807) is 0 Å². The highest BCUT2D eigenvalue weighted by Gasteiger charge is 2.21. The average Bonchev–Trinajstić information content (AvgIpc) is 2.87. The molecule has 20 heavy (non-hydrogen) atoms. The third kappa shape index (κ3) is 2.61. The Morgan fingerprint density at radius 1 is 1.20 bits per heavy atom. The lowest BCUT2D eigenvalue weighted by molar-refractivity contribution is 0.529. The number of aryl methyl sites for hydroxylation is 2. The van der Waals surface area contributed by atoms with E-state index in [2.05, 4.69) is 47.6 Å². The van der Waals surface area contributed by atoms with Crippen molar-refractivity contribution in [3.8, 4) is 11.1 Å². The predicted molar refractivity (Wildman–Crippen MR) is 83.8 cm³/mol. The van der Waals surface area contributed by atoms with Crippen LogP contribution in [0, 0.1) is 6.92 Å². The van der Waals surface area contributed by atoms with Crippen LogP contribution in [0.25, 0.3) is 11.1 Å². The first-order chi connectivity index (χ1) is 9.78. The molecule has 0 saturated carbocycles. The minimum Gasteiger partial charge on any atom is -0.310 e. The summed E-state index contributed by atoms with van der Waals surface area (Å²) in [4.78, 5) is 4.27. The van der Waals surface area contributed by atoms with Crippen molar-refractivity contribution in [3.05, 3.63) is 53.3 Å². The largest absolute Gasteiger partial charge is 0.310 e. The van der Waals surface area contributed by atoms with Gasteiger partial charge in [-0.25, -0.2) is 0 Å². The SMILES string of the molecule is CCCNC1CCc2cc(-c3ccnc(C)c3)ccc21. The van der Waals surface area contributed by atoms with Crippen LogP contribution in [-0.4, -0.2) is 11.5 Å². The second kappa shape index (κ2) is 5.76. The van der Waals surface area contributed by atoms with Crippen molar-refractivity contribution in [2.75, 3.05) is 6.54 Å². The zero-order chi connectivity index (χ0) is 13.9. The quantitative estimate of drug-likeness (QED) is 0.903. The summed E-state index contributed by atoms with van der Waals surface area (Å²) in [5, 5.41) is 3.65. The Labute approximate surface area is 121 Å². The summed E-state index contributed by atoms with van der Waals surface area (Å²) < 4.78 is 0. The Bertz CT molecular complexity index is 604. The van der Waals surface area contributed by atoms with Crippen LogP contribution in [-0.2, 0) is 6.42 Å². The summed E-state index contributed by atoms with van der Waals surface area (Å²) in [5.74, 6) is 0. The molecule has 3 rings (SSSR count). The van der Waals surface area contributed by atoms with Gasteiger partial charge >= 0.3 is 0 Å². The van der Waals surface area contributed by atoms with E-state index >= 15 is 0 Å². The highest BCUT2D eigenvalue weighted by molar-refractivity contribution is 5.65. The Kier molecular flexibility index (Phi) is 3.83. The van der Waals surface area contributed by atoms with Gasteiger partial charge in [0.2, 0.25) is 0 Å². The molecule has 1 heterocycles. The molecule has 1 unspecified atom stereocenters. The van der Waals surface area contributed by atoms with Crippen LogP contribution >= 0.6 is 0 Å². The summed E-state index contributed by atoms with van der Waals surface area (Å²) in [6.07, 6.45) is 5.51. The number of hydrogen-bond acceptors (Lipinski definition) is 2. The molecule has 0 spiro atoms. The molecule has 1 atom stereocenters. The molecule has 2 nitrogen and oxygen atoms in total. The van der Waals surface area contributed by atoms with Crippen LogP contribution in [0.4, 0.5) is 0 Å². The molecule has 1 aromatic carbocycles. The van der Waals surface area contributed by atoms with E-state index < -0.39 is 0 Å². The molecule has 1 aromatic heterocycles. The predicted octanol–water partition coefficient (Wildman–Crippen LogP) is 4.04. The van der Waals surface area contributed by atoms with Crippen molar-refractivity contribution in [1.29, 1.82) is 0 Å². The summed E-state index contributed by atoms with van der Waals surface area (Å²) in [7, 11) is 0. The third-order valence-electron chi connectivity index (χ3n) is 4.09. The first-order valence-electron chi connectivity index (χ1n) is 7.57. The van der Waals surface area contributed by atoms with E-state index in [1.807, 2.05) is 13.1 Å². The molecule has 2 aromatic rings. The van der Waals surface area contributed by atoms with Gasteiger partial charge < -0.3 is 5.32 Å². The van der Waals surface area contributed by atoms with Crippen molar-refractivity contribution >= 4 is 0 Å². The van der Waals surface area contributed by atoms with Crippen LogP contribution in [0.15, 0.2) is 36.5 Å². The van der Waals surface area contributed by atoms with Gasteiger partial charge in [0, 0.05) is 17.9 Å². The first kappa shape index (κ1) is 13.3. The molecule has 1 aliphatic carbocycles. The number of aromatic nitrogens is 1. The lowest BCUT2D eigenvalue weighted by Crippen LogP contribution is -2.19. The standard InChI is InChI=1S/C18H22N2/c1-3-9-20-18-7-5-16-12-14(4-6-17(16)18)15-8-10-19-13(2)11-15/h4,6,8,10-12,18,20H,3,5,7,9H2,1-2H3. The van der Waals surface area contributed by atoms with E-state index in [0.29, 0.717) is 6.04 Å². The summed E-state index contributed by atoms with van der Waals surface area (Å²) in [6.45, 7) is 5.37. The third-order valence-corrected chi connectivity index (χ3v) is 4.09. The molecule has 2 heteroatoms. The first-order valence-corrected chi connectivity index (χ1v) is 7.57. The van der Waals surface area contributed by atoms with Crippen molar-refractivity contribution in [3.63, 3.8) is 0 Å². The fourth-order valence-corrected chi connectivity index (χ4v) is 3.05. The minimum atomic E-state index is 0.554. The maximum Gasteiger partial charge on any atom is 0.0378 e. The average molecular weight is 266 g/mol. The number of hydrogen-bond donors (Lipinski definition) is 1. The molecule has 1 N–H and O–H groups in total. The van der Waals surface area contributed by atoms with Crippen molar-refractivity contribution in [2.45, 2.75) is 39.2 Å². The number of nitrogens with one attached hydrogen (secondary N) is 1. The Hall–Kier alpha value is -1.67. The smallest absolute Gasteiger partial charge is 0.0378 e. The summed E-state index contributed by atoms with van der Waals surface area (Å²) in [5.41, 5.74) is 6.65. The maximum absolute atomic E-state index is 4.27. The monoisotopic (exact) mass is 266 g/mol. The van der Waals surface area contributed by atoms with Gasteiger partial charge in [-0.1, -0.05) is 25.1 Å². The Balaban J connectivity index is 1.87. The van der Waals surface area contributed by atoms with Crippen molar-refractivity contribution < 1.29 is 0 Å². The van der Waals surface area contributed by atoms with E-state index in [9.17, 15) is 0 Å². The van der Waals surface area contributed by atoms with Gasteiger partial charge in [-0.05, 0) is 67.1 Å². The number of pyridine rings is 1. The van der Waals surface area contributed by atoms with E-state index in [1.165, 1.54) is 41.5 Å². The van der Waals surface area contributed by atoms with Crippen LogP contribution in [0.1, 0.15) is 42.6 Å². The highest BCUT2D eigenvalue weighted by atomic mass is 14.9. The number of benzene rings is 1. The van der Waals surface area contributed by atoms with Crippen LogP contribution < -0.4 is 5.32 Å². The maximum atomic E-state index is 4.27. The normalized spacial score (nSPS) is 17.2. The number of fused-ring (bicyclic) bond motifs is 1. The number of rotatable bonds is 4. The molecule has 1 aliphatic rings. The van der Waals surface area contributed by atoms with Gasteiger partial charge in [-0.15, -0.1) is 0 Å². The zero-order valence-electron chi connectivity index (χ0n) is 12.3. The van der Waals surface area contributed by atoms with Gasteiger partial charge in [-0.3, -0.25) is 4.98 Å². The Morgan fingerprint density at radius 3 is 2.85 bits per heavy atom. The fraction of sp³-hybridized carbons (Fsp3) is 0.389. The van der Waals surface area contributed by atoms with E-state index in [0.717, 1.165) is 12.2 Å². The molecule has 104 valence electrons. The molecule has 0 bridgehead atoms. The van der Waals surface area contributed by atoms with E-state index in [-0.39, 0.29) is 0 Å². The molecule has 0 radical (unpaired) electrons. The second-order valence-electron chi connectivity index (χ2n) is 5.64. The van der Waals surface area contributed by atoms with Gasteiger partial charge in [0.1, 0.15) is 0 Å². The molecule has 0 saturated heterocycles.